The standard InChI is InChI=1S/C28H35NO2/c1-19(8-7-11-20-9-3-2-4-10-20)21-14-15-23-24-12-5-6-13-26(24)29-18-22(30)17-27(31)28(29)25(23)16-21/h2-4,9-10,14-16,19,22,25-26,30-31H,5-8,11-13,17-18H2,1H3/t19?,22-,25?,26+/m1/s1. The van der Waals surface area contributed by atoms with Crippen LogP contribution in [0.1, 0.15) is 57.4 Å². The van der Waals surface area contributed by atoms with Gasteiger partial charge in [-0.25, -0.2) is 0 Å². The Labute approximate surface area is 186 Å². The Morgan fingerprint density at radius 1 is 1.13 bits per heavy atom. The van der Waals surface area contributed by atoms with Gasteiger partial charge < -0.3 is 15.1 Å². The number of hydrogen-bond donors (Lipinski definition) is 2. The molecule has 3 nitrogen and oxygen atoms in total. The average molecular weight is 418 g/mol. The Kier molecular flexibility index (Phi) is 5.79. The van der Waals surface area contributed by atoms with Gasteiger partial charge in [-0.15, -0.1) is 0 Å². The third kappa shape index (κ3) is 4.01. The van der Waals surface area contributed by atoms with E-state index in [4.69, 9.17) is 0 Å². The van der Waals surface area contributed by atoms with Gasteiger partial charge in [0.1, 0.15) is 5.76 Å². The van der Waals surface area contributed by atoms with Gasteiger partial charge in [0.15, 0.2) is 0 Å². The van der Waals surface area contributed by atoms with Crippen molar-refractivity contribution in [1.29, 1.82) is 0 Å². The van der Waals surface area contributed by atoms with Crippen molar-refractivity contribution in [3.05, 3.63) is 82.3 Å². The first-order chi connectivity index (χ1) is 15.1. The van der Waals surface area contributed by atoms with Crippen LogP contribution < -0.4 is 0 Å². The molecule has 0 aromatic heterocycles. The van der Waals surface area contributed by atoms with Gasteiger partial charge in [0.05, 0.1) is 17.8 Å². The summed E-state index contributed by atoms with van der Waals surface area (Å²) in [6.07, 6.45) is 15.3. The predicted octanol–water partition coefficient (Wildman–Crippen LogP) is 5.85. The Balaban J connectivity index is 1.39. The molecule has 1 aromatic rings. The first-order valence-electron chi connectivity index (χ1n) is 12.1. The van der Waals surface area contributed by atoms with E-state index in [-0.39, 0.29) is 5.92 Å². The number of allylic oxidation sites excluding steroid dienone is 4. The summed E-state index contributed by atoms with van der Waals surface area (Å²) in [5.41, 5.74) is 6.83. The van der Waals surface area contributed by atoms with Gasteiger partial charge in [-0.3, -0.25) is 0 Å². The first kappa shape index (κ1) is 20.6. The molecule has 0 spiro atoms. The van der Waals surface area contributed by atoms with Crippen molar-refractivity contribution < 1.29 is 10.2 Å². The fourth-order valence-electron chi connectivity index (χ4n) is 6.12. The number of aliphatic hydroxyl groups excluding tert-OH is 2. The lowest BCUT2D eigenvalue weighted by Gasteiger charge is -2.50. The lowest BCUT2D eigenvalue weighted by atomic mass is 9.72. The van der Waals surface area contributed by atoms with E-state index >= 15 is 0 Å². The van der Waals surface area contributed by atoms with E-state index in [0.717, 1.165) is 25.0 Å². The van der Waals surface area contributed by atoms with Crippen LogP contribution in [0.2, 0.25) is 0 Å². The van der Waals surface area contributed by atoms with Crippen LogP contribution in [-0.2, 0) is 6.42 Å². The Bertz CT molecular complexity index is 939. The molecular formula is C28H35NO2. The number of nitrogens with zero attached hydrogens (tertiary/aromatic N) is 1. The van der Waals surface area contributed by atoms with Crippen molar-refractivity contribution in [2.24, 2.45) is 11.8 Å². The highest BCUT2D eigenvalue weighted by molar-refractivity contribution is 5.51. The first-order valence-corrected chi connectivity index (χ1v) is 12.1. The van der Waals surface area contributed by atoms with Gasteiger partial charge in [0, 0.05) is 18.9 Å². The molecule has 4 atom stereocenters. The van der Waals surface area contributed by atoms with Crippen molar-refractivity contribution >= 4 is 0 Å². The molecule has 2 unspecified atom stereocenters. The van der Waals surface area contributed by atoms with Gasteiger partial charge in [0.2, 0.25) is 0 Å². The van der Waals surface area contributed by atoms with Gasteiger partial charge in [-0.2, -0.15) is 0 Å². The third-order valence-electron chi connectivity index (χ3n) is 7.72. The highest BCUT2D eigenvalue weighted by Gasteiger charge is 2.43. The summed E-state index contributed by atoms with van der Waals surface area (Å²) >= 11 is 0. The molecule has 2 N–H and O–H groups in total. The fraction of sp³-hybridized carbons (Fsp3) is 0.500. The molecule has 164 valence electrons. The maximum absolute atomic E-state index is 10.9. The molecule has 2 aliphatic heterocycles. The zero-order valence-electron chi connectivity index (χ0n) is 18.6. The van der Waals surface area contributed by atoms with Crippen molar-refractivity contribution in [2.75, 3.05) is 6.54 Å². The molecule has 1 saturated carbocycles. The van der Waals surface area contributed by atoms with Crippen LogP contribution in [0.4, 0.5) is 0 Å². The van der Waals surface area contributed by atoms with Gasteiger partial charge in [-0.1, -0.05) is 61.9 Å². The highest BCUT2D eigenvalue weighted by atomic mass is 16.3. The maximum atomic E-state index is 10.9. The second-order valence-corrected chi connectivity index (χ2v) is 9.84. The Morgan fingerprint density at radius 2 is 1.97 bits per heavy atom. The second kappa shape index (κ2) is 8.70. The molecule has 1 fully saturated rings. The number of aryl methyl sites for hydroxylation is 1. The molecule has 5 rings (SSSR count). The fourth-order valence-corrected chi connectivity index (χ4v) is 6.12. The third-order valence-corrected chi connectivity index (χ3v) is 7.72. The predicted molar refractivity (Wildman–Crippen MR) is 126 cm³/mol. The number of benzene rings is 1. The molecule has 0 saturated heterocycles. The highest BCUT2D eigenvalue weighted by Crippen LogP contribution is 2.48. The molecule has 0 amide bonds. The van der Waals surface area contributed by atoms with Crippen LogP contribution in [0.15, 0.2) is 76.7 Å². The summed E-state index contributed by atoms with van der Waals surface area (Å²) in [6.45, 7) is 2.99. The zero-order valence-corrected chi connectivity index (χ0v) is 18.6. The Hall–Kier alpha value is -2.26. The monoisotopic (exact) mass is 417 g/mol. The molecular weight excluding hydrogens is 382 g/mol. The summed E-state index contributed by atoms with van der Waals surface area (Å²) in [5.74, 6) is 1.04. The minimum Gasteiger partial charge on any atom is -0.510 e. The van der Waals surface area contributed by atoms with E-state index in [1.54, 1.807) is 5.57 Å². The SMILES string of the molecule is CC(CCCc1ccccc1)C1=CC2C(=C3CCCC[C@@H]3N3C[C@H](O)CC(O)=C23)C=C1. The van der Waals surface area contributed by atoms with Crippen LogP contribution in [0.25, 0.3) is 0 Å². The van der Waals surface area contributed by atoms with E-state index in [1.165, 1.54) is 42.4 Å². The molecule has 3 heteroatoms. The summed E-state index contributed by atoms with van der Waals surface area (Å²) in [4.78, 5) is 2.35. The number of aliphatic hydroxyl groups is 2. The smallest absolute Gasteiger partial charge is 0.115 e. The summed E-state index contributed by atoms with van der Waals surface area (Å²) in [5, 5.41) is 21.3. The second-order valence-electron chi connectivity index (χ2n) is 9.84. The van der Waals surface area contributed by atoms with Crippen molar-refractivity contribution in [1.82, 2.24) is 4.90 Å². The quantitative estimate of drug-likeness (QED) is 0.632. The number of rotatable bonds is 5. The van der Waals surface area contributed by atoms with Gasteiger partial charge >= 0.3 is 0 Å². The zero-order chi connectivity index (χ0) is 21.4. The van der Waals surface area contributed by atoms with E-state index in [1.807, 2.05) is 0 Å². The van der Waals surface area contributed by atoms with Gasteiger partial charge in [0.25, 0.3) is 0 Å². The maximum Gasteiger partial charge on any atom is 0.115 e. The van der Waals surface area contributed by atoms with Crippen LogP contribution in [-0.4, -0.2) is 33.8 Å². The normalized spacial score (nSPS) is 28.6. The van der Waals surface area contributed by atoms with Crippen LogP contribution >= 0.6 is 0 Å². The molecule has 4 aliphatic rings. The van der Waals surface area contributed by atoms with Crippen molar-refractivity contribution in [2.45, 2.75) is 70.4 Å². The number of fused-ring (bicyclic) bond motifs is 5. The lowest BCUT2D eigenvalue weighted by molar-refractivity contribution is 0.0652. The van der Waals surface area contributed by atoms with Crippen LogP contribution in [0.5, 0.6) is 0 Å². The molecule has 0 radical (unpaired) electrons. The van der Waals surface area contributed by atoms with Crippen LogP contribution in [0.3, 0.4) is 0 Å². The Morgan fingerprint density at radius 3 is 2.81 bits per heavy atom. The largest absolute Gasteiger partial charge is 0.510 e. The minimum absolute atomic E-state index is 0.147. The van der Waals surface area contributed by atoms with Crippen LogP contribution in [0, 0.1) is 11.8 Å². The van der Waals surface area contributed by atoms with Gasteiger partial charge in [-0.05, 0) is 66.7 Å². The molecule has 0 bridgehead atoms. The van der Waals surface area contributed by atoms with E-state index in [2.05, 4.69) is 60.4 Å². The van der Waals surface area contributed by atoms with E-state index in [9.17, 15) is 10.2 Å². The summed E-state index contributed by atoms with van der Waals surface area (Å²) < 4.78 is 0. The van der Waals surface area contributed by atoms with E-state index < -0.39 is 6.10 Å². The topological polar surface area (TPSA) is 43.7 Å². The summed E-state index contributed by atoms with van der Waals surface area (Å²) in [6, 6.07) is 11.1. The molecule has 31 heavy (non-hydrogen) atoms. The van der Waals surface area contributed by atoms with Crippen molar-refractivity contribution in [3.8, 4) is 0 Å². The minimum atomic E-state index is -0.465. The molecule has 2 aliphatic carbocycles. The van der Waals surface area contributed by atoms with Crippen molar-refractivity contribution in [3.63, 3.8) is 0 Å². The average Bonchev–Trinajstić information content (AvgIpc) is 2.79. The molecule has 1 aromatic carbocycles. The lowest BCUT2D eigenvalue weighted by Crippen LogP contribution is -2.50. The van der Waals surface area contributed by atoms with E-state index in [0.29, 0.717) is 30.7 Å². The summed E-state index contributed by atoms with van der Waals surface area (Å²) in [7, 11) is 0. The molecule has 2 heterocycles. The number of hydrogen-bond acceptors (Lipinski definition) is 3.